The van der Waals surface area contributed by atoms with Crippen molar-refractivity contribution in [3.8, 4) is 0 Å². The average Bonchev–Trinajstić information content (AvgIpc) is 2.41. The summed E-state index contributed by atoms with van der Waals surface area (Å²) in [5.74, 6) is -0.458. The molecule has 0 aliphatic heterocycles. The average molecular weight is 420 g/mol. The monoisotopic (exact) mass is 419 g/mol. The molecule has 0 saturated heterocycles. The first-order valence-corrected chi connectivity index (χ1v) is 15.5. The van der Waals surface area contributed by atoms with Gasteiger partial charge in [-0.05, 0) is 50.1 Å². The third-order valence-electron chi connectivity index (χ3n) is 5.72. The molecule has 0 heterocycles. The third-order valence-corrected chi connectivity index (χ3v) is 14.6. The van der Waals surface area contributed by atoms with Crippen LogP contribution < -0.4 is 5.32 Å². The summed E-state index contributed by atoms with van der Waals surface area (Å²) in [5, 5.41) is 2.51. The maximum Gasteiger partial charge on any atom is 0.407 e. The number of carbonyl (C=O) groups excluding carboxylic acids is 2. The number of amides is 1. The van der Waals surface area contributed by atoms with Crippen molar-refractivity contribution in [1.29, 1.82) is 0 Å². The molecule has 0 fully saturated rings. The topological polar surface area (TPSA) is 73.9 Å². The highest BCUT2D eigenvalue weighted by Gasteiger charge is 2.45. The Morgan fingerprint density at radius 1 is 0.926 bits per heavy atom. The van der Waals surface area contributed by atoms with E-state index in [1.807, 2.05) is 20.0 Å². The Balaban J connectivity index is 5.57. The molecule has 0 aliphatic carbocycles. The quantitative estimate of drug-likeness (QED) is 0.584. The van der Waals surface area contributed by atoms with Crippen LogP contribution in [0.5, 0.6) is 0 Å². The van der Waals surface area contributed by atoms with Crippen molar-refractivity contribution in [2.45, 2.75) is 104 Å². The summed E-state index contributed by atoms with van der Waals surface area (Å²) in [6.45, 7) is 24.6. The molecule has 0 spiro atoms. The van der Waals surface area contributed by atoms with Gasteiger partial charge >= 0.3 is 12.1 Å². The zero-order valence-corrected chi connectivity index (χ0v) is 21.4. The molecule has 27 heavy (non-hydrogen) atoms. The van der Waals surface area contributed by atoms with Crippen molar-refractivity contribution in [2.24, 2.45) is 0 Å². The zero-order valence-electron chi connectivity index (χ0n) is 19.4. The molecule has 0 aromatic rings. The van der Waals surface area contributed by atoms with Gasteiger partial charge in [0, 0.05) is 0 Å². The van der Waals surface area contributed by atoms with Crippen LogP contribution in [-0.2, 0) is 18.4 Å². The minimum Gasteiger partial charge on any atom is -0.518 e. The fourth-order valence-corrected chi connectivity index (χ4v) is 4.20. The molecule has 1 N–H and O–H groups in total. The molecular formula is C19H41NO5Si2. The van der Waals surface area contributed by atoms with E-state index >= 15 is 0 Å². The second kappa shape index (κ2) is 9.09. The predicted octanol–water partition coefficient (Wildman–Crippen LogP) is 5.06. The van der Waals surface area contributed by atoms with Gasteiger partial charge < -0.3 is 18.9 Å². The highest BCUT2D eigenvalue weighted by Crippen LogP contribution is 2.39. The van der Waals surface area contributed by atoms with Gasteiger partial charge in [-0.2, -0.15) is 0 Å². The second-order valence-electron chi connectivity index (χ2n) is 10.1. The van der Waals surface area contributed by atoms with E-state index in [1.165, 1.54) is 0 Å². The third kappa shape index (κ3) is 7.58. The van der Waals surface area contributed by atoms with Crippen LogP contribution in [0.4, 0.5) is 4.79 Å². The van der Waals surface area contributed by atoms with Crippen LogP contribution in [0.1, 0.15) is 55.4 Å². The molecular weight excluding hydrogens is 378 g/mol. The Kier molecular flexibility index (Phi) is 8.80. The van der Waals surface area contributed by atoms with Gasteiger partial charge in [0.05, 0.1) is 12.7 Å². The molecule has 0 radical (unpaired) electrons. The van der Waals surface area contributed by atoms with E-state index in [0.29, 0.717) is 0 Å². The number of carbonyl (C=O) groups is 2. The molecule has 6 nitrogen and oxygen atoms in total. The number of rotatable bonds is 7. The van der Waals surface area contributed by atoms with E-state index in [0.717, 1.165) is 0 Å². The largest absolute Gasteiger partial charge is 0.518 e. The summed E-state index contributed by atoms with van der Waals surface area (Å²) >= 11 is 0. The van der Waals surface area contributed by atoms with Crippen LogP contribution in [0.25, 0.3) is 0 Å². The van der Waals surface area contributed by atoms with Gasteiger partial charge in [0.15, 0.2) is 14.4 Å². The molecule has 0 saturated carbocycles. The van der Waals surface area contributed by atoms with Crippen molar-refractivity contribution in [2.75, 3.05) is 6.61 Å². The second-order valence-corrected chi connectivity index (χ2v) is 19.6. The molecule has 0 aromatic heterocycles. The van der Waals surface area contributed by atoms with E-state index in [9.17, 15) is 9.59 Å². The molecule has 2 unspecified atom stereocenters. The number of ether oxygens (including phenoxy) is 1. The van der Waals surface area contributed by atoms with Gasteiger partial charge in [-0.1, -0.05) is 41.5 Å². The van der Waals surface area contributed by atoms with Gasteiger partial charge in [-0.15, -0.1) is 0 Å². The fraction of sp³-hybridized carbons (Fsp3) is 0.895. The van der Waals surface area contributed by atoms with E-state index in [1.54, 1.807) is 6.92 Å². The molecule has 160 valence electrons. The number of nitrogens with one attached hydrogen (secondary N) is 1. The lowest BCUT2D eigenvalue weighted by Gasteiger charge is -2.41. The van der Waals surface area contributed by atoms with Crippen LogP contribution >= 0.6 is 0 Å². The van der Waals surface area contributed by atoms with E-state index in [4.69, 9.17) is 13.6 Å². The molecule has 0 aliphatic rings. The van der Waals surface area contributed by atoms with Crippen molar-refractivity contribution < 1.29 is 23.2 Å². The summed E-state index contributed by atoms with van der Waals surface area (Å²) in [6.07, 6.45) is -1.16. The molecule has 0 aromatic carbocycles. The van der Waals surface area contributed by atoms with E-state index in [-0.39, 0.29) is 16.7 Å². The summed E-state index contributed by atoms with van der Waals surface area (Å²) < 4.78 is 17.3. The van der Waals surface area contributed by atoms with Gasteiger partial charge in [0.25, 0.3) is 8.32 Å². The first-order valence-electron chi connectivity index (χ1n) is 9.69. The first-order chi connectivity index (χ1) is 11.9. The SMILES string of the molecule is CCOC(=O)NC(C(=O)O[Si](C)(C)C(C)(C)C)C(C)O[Si](C)(C)C(C)(C)C. The van der Waals surface area contributed by atoms with Crippen molar-refractivity contribution >= 4 is 28.7 Å². The molecule has 8 heteroatoms. The summed E-state index contributed by atoms with van der Waals surface area (Å²) in [7, 11) is -4.46. The van der Waals surface area contributed by atoms with Gasteiger partial charge in [-0.3, -0.25) is 4.79 Å². The van der Waals surface area contributed by atoms with Crippen molar-refractivity contribution in [3.05, 3.63) is 0 Å². The maximum absolute atomic E-state index is 13.0. The minimum atomic E-state index is -2.33. The van der Waals surface area contributed by atoms with E-state index in [2.05, 4.69) is 60.0 Å². The lowest BCUT2D eigenvalue weighted by atomic mass is 10.2. The van der Waals surface area contributed by atoms with Crippen LogP contribution in [0, 0.1) is 0 Å². The lowest BCUT2D eigenvalue weighted by Crippen LogP contribution is -2.56. The van der Waals surface area contributed by atoms with Crippen LogP contribution in [0.2, 0.25) is 36.3 Å². The minimum absolute atomic E-state index is 0.0148. The highest BCUT2D eigenvalue weighted by molar-refractivity contribution is 6.75. The normalized spacial score (nSPS) is 15.7. The Morgan fingerprint density at radius 3 is 1.74 bits per heavy atom. The Hall–Kier alpha value is -0.866. The molecule has 1 amide bonds. The summed E-state index contributed by atoms with van der Waals surface area (Å²) in [4.78, 5) is 25.0. The van der Waals surface area contributed by atoms with E-state index < -0.39 is 40.8 Å². The summed E-state index contributed by atoms with van der Waals surface area (Å²) in [6, 6.07) is -0.910. The molecule has 2 atom stereocenters. The zero-order chi connectivity index (χ0) is 21.8. The molecule has 0 rings (SSSR count). The van der Waals surface area contributed by atoms with Crippen LogP contribution in [0.3, 0.4) is 0 Å². The first kappa shape index (κ1) is 26.1. The van der Waals surface area contributed by atoms with Gasteiger partial charge in [0.1, 0.15) is 0 Å². The van der Waals surface area contributed by atoms with Crippen molar-refractivity contribution in [3.63, 3.8) is 0 Å². The fourth-order valence-electron chi connectivity index (χ4n) is 1.85. The Bertz CT molecular complexity index is 521. The predicted molar refractivity (Wildman–Crippen MR) is 115 cm³/mol. The smallest absolute Gasteiger partial charge is 0.407 e. The van der Waals surface area contributed by atoms with Crippen molar-refractivity contribution in [1.82, 2.24) is 5.32 Å². The summed E-state index contributed by atoms with van der Waals surface area (Å²) in [5.41, 5.74) is 0. The standard InChI is InChI=1S/C19H41NO5Si2/c1-13-23-17(22)20-15(14(2)24-26(9,10)18(3,4)5)16(21)25-27(11,12)19(6,7)8/h14-15H,13H2,1-12H3,(H,20,22). The van der Waals surface area contributed by atoms with Crippen LogP contribution in [0.15, 0.2) is 0 Å². The van der Waals surface area contributed by atoms with Gasteiger partial charge in [0.2, 0.25) is 0 Å². The lowest BCUT2D eigenvalue weighted by molar-refractivity contribution is -0.140. The Labute approximate surface area is 168 Å². The maximum atomic E-state index is 13.0. The number of alkyl carbamates (subject to hydrolysis) is 1. The molecule has 0 bridgehead atoms. The number of hydrogen-bond acceptors (Lipinski definition) is 5. The highest BCUT2D eigenvalue weighted by atomic mass is 28.4. The number of hydrogen-bond donors (Lipinski definition) is 1. The van der Waals surface area contributed by atoms with Gasteiger partial charge in [-0.25, -0.2) is 4.79 Å². The Morgan fingerprint density at radius 2 is 1.37 bits per heavy atom. The van der Waals surface area contributed by atoms with Crippen LogP contribution in [-0.4, -0.2) is 47.5 Å².